The van der Waals surface area contributed by atoms with Gasteiger partial charge in [-0.05, 0) is 78.2 Å². The lowest BCUT2D eigenvalue weighted by Gasteiger charge is -2.32. The third-order valence-electron chi connectivity index (χ3n) is 8.46. The fourth-order valence-electron chi connectivity index (χ4n) is 6.23. The molecule has 0 radical (unpaired) electrons. The molecule has 2 aliphatic carbocycles. The quantitative estimate of drug-likeness (QED) is 0.335. The summed E-state index contributed by atoms with van der Waals surface area (Å²) in [6.45, 7) is 2.31. The van der Waals surface area contributed by atoms with E-state index in [1.165, 1.54) is 101 Å². The Morgan fingerprint density at radius 2 is 1.18 bits per heavy atom. The van der Waals surface area contributed by atoms with Crippen LogP contribution in [0.25, 0.3) is 11.1 Å². The van der Waals surface area contributed by atoms with Crippen LogP contribution in [0.2, 0.25) is 5.02 Å². The summed E-state index contributed by atoms with van der Waals surface area (Å²) in [7, 11) is 0. The summed E-state index contributed by atoms with van der Waals surface area (Å²) in [6, 6.07) is 10.9. The van der Waals surface area contributed by atoms with Crippen LogP contribution in [0.4, 0.5) is 8.78 Å². The van der Waals surface area contributed by atoms with E-state index in [0.29, 0.717) is 11.5 Å². The molecule has 0 bridgehead atoms. The Morgan fingerprint density at radius 1 is 0.697 bits per heavy atom. The molecule has 4 rings (SSSR count). The average molecular weight is 473 g/mol. The maximum Gasteiger partial charge on any atom is 0.145 e. The van der Waals surface area contributed by atoms with Crippen LogP contribution in [0.1, 0.15) is 102 Å². The minimum Gasteiger partial charge on any atom is -0.205 e. The van der Waals surface area contributed by atoms with Crippen LogP contribution in [-0.4, -0.2) is 0 Å². The minimum absolute atomic E-state index is 0.438. The van der Waals surface area contributed by atoms with Crippen LogP contribution in [0.5, 0.6) is 0 Å². The van der Waals surface area contributed by atoms with Crippen molar-refractivity contribution in [2.45, 2.75) is 96.3 Å². The van der Waals surface area contributed by atoms with Gasteiger partial charge in [-0.2, -0.15) is 0 Å². The molecule has 2 fully saturated rings. The number of hydrogen-bond donors (Lipinski definition) is 0. The van der Waals surface area contributed by atoms with Gasteiger partial charge < -0.3 is 0 Å². The van der Waals surface area contributed by atoms with Crippen molar-refractivity contribution < 1.29 is 8.78 Å². The lowest BCUT2D eigenvalue weighted by Crippen LogP contribution is -2.17. The Bertz CT molecular complexity index is 852. The molecule has 33 heavy (non-hydrogen) atoms. The van der Waals surface area contributed by atoms with Gasteiger partial charge in [0.15, 0.2) is 0 Å². The van der Waals surface area contributed by atoms with Crippen LogP contribution >= 0.6 is 11.6 Å². The first-order chi connectivity index (χ1) is 16.0. The second-order valence-corrected chi connectivity index (χ2v) is 11.1. The molecule has 0 nitrogen and oxygen atoms in total. The van der Waals surface area contributed by atoms with Gasteiger partial charge in [-0.15, -0.1) is 0 Å². The largest absolute Gasteiger partial charge is 0.205 e. The topological polar surface area (TPSA) is 0 Å². The summed E-state index contributed by atoms with van der Waals surface area (Å²) in [6.07, 6.45) is 18.2. The molecule has 3 heteroatoms. The highest BCUT2D eigenvalue weighted by Gasteiger charge is 2.25. The van der Waals surface area contributed by atoms with E-state index < -0.39 is 16.7 Å². The highest BCUT2D eigenvalue weighted by atomic mass is 35.5. The highest BCUT2D eigenvalue weighted by Crippen LogP contribution is 2.40. The van der Waals surface area contributed by atoms with E-state index in [4.69, 9.17) is 11.6 Å². The van der Waals surface area contributed by atoms with Gasteiger partial charge in [-0.3, -0.25) is 0 Å². The molecule has 0 aliphatic heterocycles. The van der Waals surface area contributed by atoms with Crippen LogP contribution in [0, 0.1) is 29.4 Å². The molecule has 0 N–H and O–H groups in total. The minimum atomic E-state index is -0.710. The highest BCUT2D eigenvalue weighted by molar-refractivity contribution is 6.31. The lowest BCUT2D eigenvalue weighted by atomic mass is 9.74. The zero-order valence-corrected chi connectivity index (χ0v) is 20.9. The number of benzene rings is 2. The number of halogens is 3. The third-order valence-corrected chi connectivity index (χ3v) is 8.82. The molecule has 0 aromatic heterocycles. The molecule has 2 aliphatic rings. The van der Waals surface area contributed by atoms with Gasteiger partial charge in [0.1, 0.15) is 16.7 Å². The molecular weight excluding hydrogens is 434 g/mol. The van der Waals surface area contributed by atoms with Crippen LogP contribution in [0.3, 0.4) is 0 Å². The molecule has 2 aromatic carbocycles. The van der Waals surface area contributed by atoms with Gasteiger partial charge >= 0.3 is 0 Å². The molecule has 180 valence electrons. The average Bonchev–Trinajstić information content (AvgIpc) is 2.85. The van der Waals surface area contributed by atoms with E-state index in [1.807, 2.05) is 12.1 Å². The van der Waals surface area contributed by atoms with E-state index in [1.54, 1.807) is 0 Å². The van der Waals surface area contributed by atoms with Gasteiger partial charge in [0.25, 0.3) is 0 Å². The Hall–Kier alpha value is -1.41. The van der Waals surface area contributed by atoms with Crippen LogP contribution in [-0.2, 0) is 0 Å². The molecule has 0 saturated heterocycles. The summed E-state index contributed by atoms with van der Waals surface area (Å²) in [5.74, 6) is 2.09. The van der Waals surface area contributed by atoms with Gasteiger partial charge in [-0.1, -0.05) is 101 Å². The van der Waals surface area contributed by atoms with E-state index in [-0.39, 0.29) is 0 Å². The Kier molecular flexibility index (Phi) is 8.85. The SMILES string of the molecule is CCCC[C@H]1CC[C@H](CCC2CCC(c3ccc(-c4cc(F)c(Cl)c(F)c4)cc3)CC2)CC1. The first-order valence-electron chi connectivity index (χ1n) is 13.3. The molecule has 0 atom stereocenters. The van der Waals surface area contributed by atoms with Crippen molar-refractivity contribution in [3.63, 3.8) is 0 Å². The van der Waals surface area contributed by atoms with Gasteiger partial charge in [0.2, 0.25) is 0 Å². The number of unbranched alkanes of at least 4 members (excludes halogenated alkanes) is 1. The summed E-state index contributed by atoms with van der Waals surface area (Å²) in [5, 5.41) is -0.438. The molecular formula is C30H39ClF2. The van der Waals surface area contributed by atoms with Gasteiger partial charge in [0, 0.05) is 0 Å². The third kappa shape index (κ3) is 6.59. The predicted molar refractivity (Wildman–Crippen MR) is 136 cm³/mol. The van der Waals surface area contributed by atoms with Crippen LogP contribution in [0.15, 0.2) is 36.4 Å². The first kappa shape index (κ1) is 24.7. The summed E-state index contributed by atoms with van der Waals surface area (Å²) >= 11 is 5.61. The summed E-state index contributed by atoms with van der Waals surface area (Å²) < 4.78 is 27.6. The predicted octanol–water partition coefficient (Wildman–Crippen LogP) is 10.3. The molecule has 0 amide bonds. The van der Waals surface area contributed by atoms with Crippen molar-refractivity contribution in [3.05, 3.63) is 58.6 Å². The van der Waals surface area contributed by atoms with Gasteiger partial charge in [0.05, 0.1) is 0 Å². The molecule has 0 spiro atoms. The Labute approximate surface area is 204 Å². The van der Waals surface area contributed by atoms with E-state index in [0.717, 1.165) is 23.3 Å². The van der Waals surface area contributed by atoms with Crippen molar-refractivity contribution in [2.75, 3.05) is 0 Å². The van der Waals surface area contributed by atoms with Crippen molar-refractivity contribution in [2.24, 2.45) is 17.8 Å². The second kappa shape index (κ2) is 11.8. The van der Waals surface area contributed by atoms with E-state index in [9.17, 15) is 8.78 Å². The maximum atomic E-state index is 13.8. The monoisotopic (exact) mass is 472 g/mol. The summed E-state index contributed by atoms with van der Waals surface area (Å²) in [4.78, 5) is 0. The Morgan fingerprint density at radius 3 is 1.70 bits per heavy atom. The Balaban J connectivity index is 1.22. The van der Waals surface area contributed by atoms with Crippen LogP contribution < -0.4 is 0 Å². The van der Waals surface area contributed by atoms with Crippen molar-refractivity contribution in [1.29, 1.82) is 0 Å². The fourth-order valence-corrected chi connectivity index (χ4v) is 6.34. The fraction of sp³-hybridized carbons (Fsp3) is 0.600. The first-order valence-corrected chi connectivity index (χ1v) is 13.7. The molecule has 2 aromatic rings. The van der Waals surface area contributed by atoms with Crippen molar-refractivity contribution in [1.82, 2.24) is 0 Å². The van der Waals surface area contributed by atoms with E-state index in [2.05, 4.69) is 19.1 Å². The zero-order chi connectivity index (χ0) is 23.2. The lowest BCUT2D eigenvalue weighted by molar-refractivity contribution is 0.222. The normalized spacial score (nSPS) is 25.8. The molecule has 0 unspecified atom stereocenters. The zero-order valence-electron chi connectivity index (χ0n) is 20.1. The standard InChI is InChI=1S/C30H39ClF2/c1-2-3-4-21-5-7-22(8-6-21)9-10-23-11-13-24(14-12-23)25-15-17-26(18-16-25)27-19-28(32)30(31)29(33)20-27/h15-24H,2-14H2,1H3/t21-,22-,23?,24?. The van der Waals surface area contributed by atoms with Crippen molar-refractivity contribution in [3.8, 4) is 11.1 Å². The number of hydrogen-bond acceptors (Lipinski definition) is 0. The van der Waals surface area contributed by atoms with Gasteiger partial charge in [-0.25, -0.2) is 8.78 Å². The smallest absolute Gasteiger partial charge is 0.145 e. The van der Waals surface area contributed by atoms with Crippen molar-refractivity contribution >= 4 is 11.6 Å². The maximum absolute atomic E-state index is 13.8. The summed E-state index contributed by atoms with van der Waals surface area (Å²) in [5.41, 5.74) is 2.72. The molecule has 0 heterocycles. The number of rotatable bonds is 8. The van der Waals surface area contributed by atoms with E-state index >= 15 is 0 Å². The molecule has 2 saturated carbocycles. The second-order valence-electron chi connectivity index (χ2n) is 10.7.